The molecule has 0 bridgehead atoms. The fraction of sp³-hybridized carbons (Fsp3) is 0.125. The lowest BCUT2D eigenvalue weighted by molar-refractivity contribution is 0.0698. The van der Waals surface area contributed by atoms with Gasteiger partial charge >= 0.3 is 5.97 Å². The molecule has 0 aliphatic rings. The minimum atomic E-state index is -1.30. The predicted octanol–water partition coefficient (Wildman–Crippen LogP) is 0.672. The molecule has 0 fully saturated rings. The molecule has 4 N–H and O–H groups in total. The van der Waals surface area contributed by atoms with Crippen LogP contribution in [0, 0.1) is 0 Å². The number of anilines is 2. The first-order valence-electron chi connectivity index (χ1n) is 3.73. The molecule has 0 saturated heterocycles. The van der Waals surface area contributed by atoms with Gasteiger partial charge in [0.2, 0.25) is 0 Å². The Morgan fingerprint density at radius 2 is 2.21 bits per heavy atom. The topological polar surface area (TPSA) is 92.4 Å². The summed E-state index contributed by atoms with van der Waals surface area (Å²) in [7, 11) is -1.30. The molecule has 0 amide bonds. The number of nitrogen functional groups attached to an aromatic ring is 1. The molecule has 76 valence electrons. The van der Waals surface area contributed by atoms with Crippen molar-refractivity contribution in [2.24, 2.45) is 0 Å². The maximum absolute atomic E-state index is 10.8. The quantitative estimate of drug-likeness (QED) is 0.645. The Morgan fingerprint density at radius 1 is 1.57 bits per heavy atom. The Bertz CT molecular complexity index is 392. The van der Waals surface area contributed by atoms with E-state index in [1.807, 2.05) is 0 Å². The Kier molecular flexibility index (Phi) is 3.08. The number of carboxylic acid groups (broad SMARTS) is 1. The van der Waals surface area contributed by atoms with Crippen molar-refractivity contribution in [2.75, 3.05) is 16.7 Å². The highest BCUT2D eigenvalue weighted by atomic mass is 32.2. The van der Waals surface area contributed by atoms with Gasteiger partial charge < -0.3 is 15.6 Å². The third-order valence-corrected chi connectivity index (χ3v) is 2.04. The lowest BCUT2D eigenvalue weighted by Crippen LogP contribution is -2.08. The van der Waals surface area contributed by atoms with Crippen molar-refractivity contribution in [2.45, 2.75) is 0 Å². The molecular formula is C8H10N2O3S. The molecule has 14 heavy (non-hydrogen) atoms. The molecule has 1 atom stereocenters. The summed E-state index contributed by atoms with van der Waals surface area (Å²) in [5, 5.41) is 8.81. The predicted molar refractivity (Wildman–Crippen MR) is 55.5 cm³/mol. The van der Waals surface area contributed by atoms with Gasteiger partial charge in [0.15, 0.2) is 0 Å². The number of nitrogens with two attached hydrogens (primary N) is 1. The molecule has 0 aliphatic carbocycles. The molecule has 0 spiro atoms. The summed E-state index contributed by atoms with van der Waals surface area (Å²) in [5.74, 6) is -1.11. The van der Waals surface area contributed by atoms with Crippen molar-refractivity contribution in [1.29, 1.82) is 0 Å². The van der Waals surface area contributed by atoms with Gasteiger partial charge in [-0.05, 0) is 18.2 Å². The highest BCUT2D eigenvalue weighted by Crippen LogP contribution is 2.19. The van der Waals surface area contributed by atoms with Crippen LogP contribution in [-0.2, 0) is 11.0 Å². The van der Waals surface area contributed by atoms with E-state index in [4.69, 9.17) is 10.8 Å². The Labute approximate surface area is 83.5 Å². The minimum absolute atomic E-state index is 0.0141. The number of carbonyl (C=O) groups is 1. The molecule has 1 rings (SSSR count). The largest absolute Gasteiger partial charge is 0.478 e. The number of carboxylic acids is 1. The Morgan fingerprint density at radius 3 is 2.71 bits per heavy atom. The van der Waals surface area contributed by atoms with E-state index < -0.39 is 17.0 Å². The second-order valence-corrected chi connectivity index (χ2v) is 3.78. The summed E-state index contributed by atoms with van der Waals surface area (Å²) in [6.07, 6.45) is 1.42. The monoisotopic (exact) mass is 214 g/mol. The fourth-order valence-corrected chi connectivity index (χ4v) is 1.47. The van der Waals surface area contributed by atoms with Gasteiger partial charge in [0.05, 0.1) is 11.3 Å². The zero-order valence-corrected chi connectivity index (χ0v) is 8.30. The van der Waals surface area contributed by atoms with Crippen LogP contribution in [0.4, 0.5) is 11.4 Å². The molecule has 0 radical (unpaired) electrons. The number of nitrogens with one attached hydrogen (secondary N) is 1. The highest BCUT2D eigenvalue weighted by molar-refractivity contribution is 7.85. The van der Waals surface area contributed by atoms with Gasteiger partial charge in [-0.2, -0.15) is 0 Å². The molecular weight excluding hydrogens is 204 g/mol. The Balaban J connectivity index is 3.14. The van der Waals surface area contributed by atoms with E-state index in [2.05, 4.69) is 4.72 Å². The van der Waals surface area contributed by atoms with Crippen LogP contribution in [0.1, 0.15) is 10.4 Å². The lowest BCUT2D eigenvalue weighted by atomic mass is 10.1. The van der Waals surface area contributed by atoms with Crippen molar-refractivity contribution in [3.63, 3.8) is 0 Å². The van der Waals surface area contributed by atoms with Crippen LogP contribution >= 0.6 is 0 Å². The van der Waals surface area contributed by atoms with Crippen LogP contribution in [-0.4, -0.2) is 21.5 Å². The molecule has 1 aromatic rings. The molecule has 0 saturated carbocycles. The second kappa shape index (κ2) is 4.10. The number of hydrogen-bond donors (Lipinski definition) is 3. The fourth-order valence-electron chi connectivity index (χ4n) is 0.983. The van der Waals surface area contributed by atoms with Gasteiger partial charge in [-0.15, -0.1) is 0 Å². The summed E-state index contributed by atoms with van der Waals surface area (Å²) in [5.41, 5.74) is 6.10. The van der Waals surface area contributed by atoms with Crippen LogP contribution in [0.2, 0.25) is 0 Å². The molecule has 0 heterocycles. The van der Waals surface area contributed by atoms with E-state index in [9.17, 15) is 9.00 Å². The van der Waals surface area contributed by atoms with Crippen LogP contribution in [0.5, 0.6) is 0 Å². The first kappa shape index (κ1) is 10.5. The molecule has 0 aliphatic heterocycles. The van der Waals surface area contributed by atoms with E-state index in [1.54, 1.807) is 6.07 Å². The minimum Gasteiger partial charge on any atom is -0.478 e. The van der Waals surface area contributed by atoms with Gasteiger partial charge in [-0.1, -0.05) is 0 Å². The summed E-state index contributed by atoms with van der Waals surface area (Å²) in [6.45, 7) is 0. The van der Waals surface area contributed by atoms with Gasteiger partial charge in [0, 0.05) is 11.9 Å². The van der Waals surface area contributed by atoms with Crippen molar-refractivity contribution in [1.82, 2.24) is 0 Å². The normalized spacial score (nSPS) is 12.1. The van der Waals surface area contributed by atoms with Crippen LogP contribution < -0.4 is 10.5 Å². The standard InChI is InChI=1S/C8H10N2O3S/c1-14(13)10-7-3-2-5(9)4-6(7)8(11)12/h2-4,10H,9H2,1H3,(H,11,12). The third-order valence-electron chi connectivity index (χ3n) is 1.53. The molecule has 1 aromatic carbocycles. The van der Waals surface area contributed by atoms with Crippen LogP contribution in [0.25, 0.3) is 0 Å². The van der Waals surface area contributed by atoms with Crippen molar-refractivity contribution < 1.29 is 14.1 Å². The maximum Gasteiger partial charge on any atom is 0.337 e. The smallest absolute Gasteiger partial charge is 0.337 e. The first-order chi connectivity index (χ1) is 6.50. The van der Waals surface area contributed by atoms with Crippen molar-refractivity contribution in [3.05, 3.63) is 23.8 Å². The summed E-state index contributed by atoms with van der Waals surface area (Å²) in [6, 6.07) is 4.35. The summed E-state index contributed by atoms with van der Waals surface area (Å²) in [4.78, 5) is 10.8. The molecule has 6 heteroatoms. The zero-order chi connectivity index (χ0) is 10.7. The molecule has 5 nitrogen and oxygen atoms in total. The number of benzene rings is 1. The van der Waals surface area contributed by atoms with E-state index in [0.29, 0.717) is 11.4 Å². The first-order valence-corrected chi connectivity index (χ1v) is 5.29. The van der Waals surface area contributed by atoms with Crippen molar-refractivity contribution in [3.8, 4) is 0 Å². The van der Waals surface area contributed by atoms with E-state index in [1.165, 1.54) is 18.4 Å². The average molecular weight is 214 g/mol. The maximum atomic E-state index is 10.8. The number of hydrogen-bond acceptors (Lipinski definition) is 3. The highest BCUT2D eigenvalue weighted by Gasteiger charge is 2.10. The van der Waals surface area contributed by atoms with Gasteiger partial charge in [-0.3, -0.25) is 0 Å². The van der Waals surface area contributed by atoms with Crippen molar-refractivity contribution >= 4 is 28.3 Å². The summed E-state index contributed by atoms with van der Waals surface area (Å²) < 4.78 is 13.4. The number of aromatic carboxylic acids is 1. The SMILES string of the molecule is CS(=O)Nc1ccc(N)cc1C(=O)O. The van der Waals surface area contributed by atoms with Gasteiger partial charge in [0.25, 0.3) is 0 Å². The molecule has 1 unspecified atom stereocenters. The van der Waals surface area contributed by atoms with E-state index in [0.717, 1.165) is 0 Å². The zero-order valence-electron chi connectivity index (χ0n) is 7.48. The van der Waals surface area contributed by atoms with E-state index in [-0.39, 0.29) is 5.56 Å². The molecule has 0 aromatic heterocycles. The van der Waals surface area contributed by atoms with Gasteiger partial charge in [-0.25, -0.2) is 9.00 Å². The number of rotatable bonds is 3. The third kappa shape index (κ3) is 2.46. The second-order valence-electron chi connectivity index (χ2n) is 2.67. The van der Waals surface area contributed by atoms with E-state index >= 15 is 0 Å². The van der Waals surface area contributed by atoms with Gasteiger partial charge in [0.1, 0.15) is 11.0 Å². The summed E-state index contributed by atoms with van der Waals surface area (Å²) >= 11 is 0. The van der Waals surface area contributed by atoms with Crippen LogP contribution in [0.3, 0.4) is 0 Å². The average Bonchev–Trinajstić information content (AvgIpc) is 2.07. The Hall–Kier alpha value is -1.56. The van der Waals surface area contributed by atoms with Crippen LogP contribution in [0.15, 0.2) is 18.2 Å². The lowest BCUT2D eigenvalue weighted by Gasteiger charge is -2.06.